The topological polar surface area (TPSA) is 30.7 Å². The number of hydrogen-bond acceptors (Lipinski definition) is 2. The molecule has 104 valence electrons. The van der Waals surface area contributed by atoms with Crippen LogP contribution in [0.1, 0.15) is 44.8 Å². The standard InChI is InChI=1S/C15H22ClN3/c1-10(2)9-12(4)19-14(7-8-16)18-13-6-5-11(3)17-15(13)19/h5-6,10,12H,7-9H2,1-4H3. The Balaban J connectivity index is 2.52. The Morgan fingerprint density at radius 2 is 1.95 bits per heavy atom. The van der Waals surface area contributed by atoms with Gasteiger partial charge in [-0.3, -0.25) is 0 Å². The third kappa shape index (κ3) is 3.08. The normalized spacial score (nSPS) is 13.4. The van der Waals surface area contributed by atoms with Gasteiger partial charge in [-0.15, -0.1) is 11.6 Å². The van der Waals surface area contributed by atoms with Crippen LogP contribution in [0.15, 0.2) is 12.1 Å². The van der Waals surface area contributed by atoms with Crippen LogP contribution in [0.25, 0.3) is 11.2 Å². The Hall–Kier alpha value is -1.09. The fourth-order valence-electron chi connectivity index (χ4n) is 2.63. The Kier molecular flexibility index (Phi) is 4.46. The van der Waals surface area contributed by atoms with Crippen molar-refractivity contribution in [1.82, 2.24) is 14.5 Å². The maximum atomic E-state index is 5.90. The molecule has 0 aliphatic rings. The number of rotatable bonds is 5. The predicted molar refractivity (Wildman–Crippen MR) is 80.9 cm³/mol. The van der Waals surface area contributed by atoms with Crippen LogP contribution in [-0.4, -0.2) is 20.4 Å². The zero-order valence-corrected chi connectivity index (χ0v) is 12.9. The van der Waals surface area contributed by atoms with E-state index in [9.17, 15) is 0 Å². The molecule has 1 unspecified atom stereocenters. The Morgan fingerprint density at radius 1 is 1.21 bits per heavy atom. The number of pyridine rings is 1. The lowest BCUT2D eigenvalue weighted by atomic mass is 10.0. The van der Waals surface area contributed by atoms with E-state index in [4.69, 9.17) is 11.6 Å². The lowest BCUT2D eigenvalue weighted by Gasteiger charge is -2.18. The molecule has 4 heteroatoms. The van der Waals surface area contributed by atoms with E-state index in [-0.39, 0.29) is 0 Å². The van der Waals surface area contributed by atoms with Crippen molar-refractivity contribution in [1.29, 1.82) is 0 Å². The third-order valence-corrected chi connectivity index (χ3v) is 3.51. The van der Waals surface area contributed by atoms with E-state index < -0.39 is 0 Å². The molecule has 0 amide bonds. The highest BCUT2D eigenvalue weighted by Gasteiger charge is 2.17. The molecule has 0 spiro atoms. The van der Waals surface area contributed by atoms with Gasteiger partial charge in [0.05, 0.1) is 0 Å². The van der Waals surface area contributed by atoms with E-state index in [2.05, 4.69) is 35.3 Å². The second kappa shape index (κ2) is 5.91. The van der Waals surface area contributed by atoms with Crippen LogP contribution in [0.3, 0.4) is 0 Å². The van der Waals surface area contributed by atoms with Crippen molar-refractivity contribution in [2.45, 2.75) is 46.6 Å². The Bertz CT molecular complexity index is 560. The van der Waals surface area contributed by atoms with Gasteiger partial charge in [0.25, 0.3) is 0 Å². The fraction of sp³-hybridized carbons (Fsp3) is 0.600. The van der Waals surface area contributed by atoms with Crippen LogP contribution < -0.4 is 0 Å². The van der Waals surface area contributed by atoms with Gasteiger partial charge in [-0.2, -0.15) is 0 Å². The van der Waals surface area contributed by atoms with Gasteiger partial charge in [0, 0.05) is 24.0 Å². The quantitative estimate of drug-likeness (QED) is 0.771. The molecule has 0 aliphatic carbocycles. The summed E-state index contributed by atoms with van der Waals surface area (Å²) in [4.78, 5) is 9.35. The molecule has 0 saturated carbocycles. The van der Waals surface area contributed by atoms with Gasteiger partial charge >= 0.3 is 0 Å². The summed E-state index contributed by atoms with van der Waals surface area (Å²) >= 11 is 5.90. The molecule has 19 heavy (non-hydrogen) atoms. The van der Waals surface area contributed by atoms with Crippen LogP contribution >= 0.6 is 11.6 Å². The minimum Gasteiger partial charge on any atom is -0.310 e. The van der Waals surface area contributed by atoms with E-state index >= 15 is 0 Å². The first-order valence-electron chi connectivity index (χ1n) is 6.93. The molecule has 2 aromatic rings. The van der Waals surface area contributed by atoms with Crippen molar-refractivity contribution in [3.05, 3.63) is 23.7 Å². The summed E-state index contributed by atoms with van der Waals surface area (Å²) in [5.74, 6) is 2.30. The predicted octanol–water partition coefficient (Wildman–Crippen LogP) is 4.13. The summed E-state index contributed by atoms with van der Waals surface area (Å²) < 4.78 is 2.27. The van der Waals surface area contributed by atoms with E-state index in [0.717, 1.165) is 35.5 Å². The number of hydrogen-bond donors (Lipinski definition) is 0. The minimum absolute atomic E-state index is 0.400. The van der Waals surface area contributed by atoms with Gasteiger partial charge < -0.3 is 4.57 Å². The summed E-state index contributed by atoms with van der Waals surface area (Å²) in [5.41, 5.74) is 3.00. The summed E-state index contributed by atoms with van der Waals surface area (Å²) in [6, 6.07) is 4.46. The lowest BCUT2D eigenvalue weighted by molar-refractivity contribution is 0.425. The van der Waals surface area contributed by atoms with Crippen LogP contribution in [-0.2, 0) is 6.42 Å². The lowest BCUT2D eigenvalue weighted by Crippen LogP contribution is -2.13. The van der Waals surface area contributed by atoms with Crippen LogP contribution in [0, 0.1) is 12.8 Å². The van der Waals surface area contributed by atoms with Crippen LogP contribution in [0.4, 0.5) is 0 Å². The highest BCUT2D eigenvalue weighted by Crippen LogP contribution is 2.25. The van der Waals surface area contributed by atoms with E-state index in [1.807, 2.05) is 19.1 Å². The first-order valence-corrected chi connectivity index (χ1v) is 7.46. The molecule has 0 radical (unpaired) electrons. The molecule has 2 rings (SSSR count). The average Bonchev–Trinajstić information content (AvgIpc) is 2.65. The number of halogens is 1. The van der Waals surface area contributed by atoms with E-state index in [1.54, 1.807) is 0 Å². The average molecular weight is 280 g/mol. The first-order chi connectivity index (χ1) is 9.02. The molecule has 1 atom stereocenters. The number of fused-ring (bicyclic) bond motifs is 1. The fourth-order valence-corrected chi connectivity index (χ4v) is 2.80. The third-order valence-electron chi connectivity index (χ3n) is 3.32. The Labute approximate surface area is 120 Å². The molecule has 3 nitrogen and oxygen atoms in total. The van der Waals surface area contributed by atoms with Gasteiger partial charge in [0.1, 0.15) is 11.3 Å². The molecular weight excluding hydrogens is 258 g/mol. The number of aryl methyl sites for hydroxylation is 2. The summed E-state index contributed by atoms with van der Waals surface area (Å²) in [6.45, 7) is 8.75. The molecular formula is C15H22ClN3. The largest absolute Gasteiger partial charge is 0.310 e. The zero-order valence-electron chi connectivity index (χ0n) is 12.2. The van der Waals surface area contributed by atoms with Crippen molar-refractivity contribution in [2.24, 2.45) is 5.92 Å². The molecule has 0 aromatic carbocycles. The highest BCUT2D eigenvalue weighted by molar-refractivity contribution is 6.17. The number of aromatic nitrogens is 3. The van der Waals surface area contributed by atoms with Crippen LogP contribution in [0.5, 0.6) is 0 Å². The summed E-state index contributed by atoms with van der Waals surface area (Å²) in [7, 11) is 0. The smallest absolute Gasteiger partial charge is 0.160 e. The number of alkyl halides is 1. The second-order valence-corrected chi connectivity index (χ2v) is 5.99. The SMILES string of the molecule is Cc1ccc2nc(CCCl)n(C(C)CC(C)C)c2n1. The van der Waals surface area contributed by atoms with Gasteiger partial charge in [0.15, 0.2) is 5.65 Å². The van der Waals surface area contributed by atoms with Gasteiger partial charge in [-0.1, -0.05) is 13.8 Å². The Morgan fingerprint density at radius 3 is 2.58 bits per heavy atom. The number of nitrogens with zero attached hydrogens (tertiary/aromatic N) is 3. The van der Waals surface area contributed by atoms with E-state index in [1.165, 1.54) is 0 Å². The van der Waals surface area contributed by atoms with Gasteiger partial charge in [-0.25, -0.2) is 9.97 Å². The van der Waals surface area contributed by atoms with Gasteiger partial charge in [0.2, 0.25) is 0 Å². The molecule has 2 heterocycles. The summed E-state index contributed by atoms with van der Waals surface area (Å²) in [5, 5.41) is 0. The zero-order chi connectivity index (χ0) is 14.0. The molecule has 0 N–H and O–H groups in total. The molecule has 2 aromatic heterocycles. The van der Waals surface area contributed by atoms with E-state index in [0.29, 0.717) is 17.8 Å². The maximum Gasteiger partial charge on any atom is 0.160 e. The van der Waals surface area contributed by atoms with Crippen LogP contribution in [0.2, 0.25) is 0 Å². The second-order valence-electron chi connectivity index (χ2n) is 5.61. The van der Waals surface area contributed by atoms with Crippen molar-refractivity contribution in [3.8, 4) is 0 Å². The first kappa shape index (κ1) is 14.3. The number of imidazole rings is 1. The maximum absolute atomic E-state index is 5.90. The molecule has 0 fully saturated rings. The molecule has 0 aliphatic heterocycles. The van der Waals surface area contributed by atoms with Gasteiger partial charge in [-0.05, 0) is 38.3 Å². The minimum atomic E-state index is 0.400. The summed E-state index contributed by atoms with van der Waals surface area (Å²) in [6.07, 6.45) is 1.91. The van der Waals surface area contributed by atoms with Crippen molar-refractivity contribution >= 4 is 22.8 Å². The molecule has 0 saturated heterocycles. The van der Waals surface area contributed by atoms with Crippen molar-refractivity contribution < 1.29 is 0 Å². The monoisotopic (exact) mass is 279 g/mol. The van der Waals surface area contributed by atoms with Crippen molar-refractivity contribution in [2.75, 3.05) is 5.88 Å². The highest BCUT2D eigenvalue weighted by atomic mass is 35.5. The molecule has 0 bridgehead atoms. The van der Waals surface area contributed by atoms with Crippen molar-refractivity contribution in [3.63, 3.8) is 0 Å².